The molecule has 2 amide bonds. The molecular formula is C35H41ClFN3O7S. The van der Waals surface area contributed by atoms with Crippen molar-refractivity contribution < 1.29 is 38.1 Å². The molecule has 2 N–H and O–H groups in total. The van der Waals surface area contributed by atoms with Crippen LogP contribution < -0.4 is 5.32 Å². The van der Waals surface area contributed by atoms with Crippen LogP contribution in [-0.2, 0) is 30.2 Å². The summed E-state index contributed by atoms with van der Waals surface area (Å²) in [7, 11) is 3.30. The molecule has 0 spiro atoms. The third-order valence-electron chi connectivity index (χ3n) is 9.96. The lowest BCUT2D eigenvalue weighted by Gasteiger charge is -2.40. The molecular weight excluding hydrogens is 661 g/mol. The molecule has 3 fully saturated rings. The van der Waals surface area contributed by atoms with Crippen molar-refractivity contribution in [2.24, 2.45) is 5.92 Å². The summed E-state index contributed by atoms with van der Waals surface area (Å²) in [6.45, 7) is 1.62. The zero-order chi connectivity index (χ0) is 33.9. The number of aliphatic carboxylic acids is 1. The fraction of sp³-hybridized carbons (Fsp3) is 0.514. The number of carboxylic acid groups (broad SMARTS) is 1. The number of rotatable bonds is 11. The first-order chi connectivity index (χ1) is 23.2. The second kappa shape index (κ2) is 15.2. The van der Waals surface area contributed by atoms with Crippen molar-refractivity contribution in [3.63, 3.8) is 0 Å². The number of nitrogens with zero attached hydrogens (tertiary/aromatic N) is 2. The number of carbonyl (C=O) groups excluding carboxylic acids is 2. The number of amides is 2. The van der Waals surface area contributed by atoms with E-state index in [1.54, 1.807) is 24.5 Å². The molecule has 0 bridgehead atoms. The average molecular weight is 702 g/mol. The van der Waals surface area contributed by atoms with Crippen molar-refractivity contribution in [3.8, 4) is 0 Å². The molecule has 2 aromatic carbocycles. The van der Waals surface area contributed by atoms with Crippen LogP contribution >= 0.6 is 22.9 Å². The summed E-state index contributed by atoms with van der Waals surface area (Å²) in [5.74, 6) is -2.42. The van der Waals surface area contributed by atoms with Crippen molar-refractivity contribution in [1.82, 2.24) is 9.80 Å². The van der Waals surface area contributed by atoms with Gasteiger partial charge in [-0.05, 0) is 62.3 Å². The minimum Gasteiger partial charge on any atom is -0.481 e. The number of halogens is 2. The van der Waals surface area contributed by atoms with Crippen molar-refractivity contribution in [1.29, 1.82) is 0 Å². The predicted molar refractivity (Wildman–Crippen MR) is 181 cm³/mol. The Morgan fingerprint density at radius 1 is 1.06 bits per heavy atom. The molecule has 1 aromatic heterocycles. The molecule has 10 nitrogen and oxygen atoms in total. The highest BCUT2D eigenvalue weighted by Gasteiger charge is 2.45. The van der Waals surface area contributed by atoms with Gasteiger partial charge in [-0.25, -0.2) is 4.39 Å². The first-order valence-electron chi connectivity index (χ1n) is 16.4. The third-order valence-corrected chi connectivity index (χ3v) is 11.2. The predicted octanol–water partition coefficient (Wildman–Crippen LogP) is 5.81. The molecule has 3 heterocycles. The Balaban J connectivity index is 1.16. The zero-order valence-corrected chi connectivity index (χ0v) is 28.6. The summed E-state index contributed by atoms with van der Waals surface area (Å²) in [6.07, 6.45) is 2.67. The molecule has 1 unspecified atom stereocenters. The maximum atomic E-state index is 15.5. The monoisotopic (exact) mass is 701 g/mol. The highest BCUT2D eigenvalue weighted by Crippen LogP contribution is 2.35. The summed E-state index contributed by atoms with van der Waals surface area (Å²) in [5, 5.41) is 14.9. The van der Waals surface area contributed by atoms with Gasteiger partial charge in [0.1, 0.15) is 12.0 Å². The Hall–Kier alpha value is -3.13. The molecule has 13 heteroatoms. The van der Waals surface area contributed by atoms with E-state index >= 15 is 4.39 Å². The van der Waals surface area contributed by atoms with Crippen LogP contribution in [0.5, 0.6) is 0 Å². The normalized spacial score (nSPS) is 25.4. The first kappa shape index (κ1) is 34.7. The van der Waals surface area contributed by atoms with E-state index in [9.17, 15) is 19.5 Å². The standard InChI is InChI=1S/C35H41ClFN3O7S/c1-45-29-17-39(18-30(29)46-2)34(47-22-11-9-20(10-12-22)35(43)44)28-7-5-13-40(28)32(41)15-21-14-25(36)27(16-26(21)37)38-33(42)24-19-48-31-8-4-3-6-23(24)31/h3-4,6,8,14,16,19-20,22,28-30,34H,5,7,9-13,15,17-18H2,1-2H3,(H,38,42)(H,43,44)/t20-,22-,28-,29-,30+,34?/m0/s1. The SMILES string of the molecule is CO[C@H]1CN(C(O[C@H]2CC[C@H](C(=O)O)CC2)[C@@H]2CCCN2C(=O)Cc2cc(Cl)c(NC(=O)c3csc4ccccc34)cc2F)C[C@H]1OC. The van der Waals surface area contributed by atoms with Gasteiger partial charge in [-0.1, -0.05) is 29.8 Å². The summed E-state index contributed by atoms with van der Waals surface area (Å²) >= 11 is 7.98. The molecule has 3 aromatic rings. The molecule has 4 atom stereocenters. The summed E-state index contributed by atoms with van der Waals surface area (Å²) in [6, 6.07) is 9.82. The van der Waals surface area contributed by atoms with Crippen LogP contribution in [0.2, 0.25) is 5.02 Å². The lowest BCUT2D eigenvalue weighted by atomic mass is 9.87. The fourth-order valence-corrected chi connectivity index (χ4v) is 8.50. The van der Waals surface area contributed by atoms with E-state index in [-0.39, 0.29) is 58.9 Å². The topological polar surface area (TPSA) is 118 Å². The van der Waals surface area contributed by atoms with E-state index in [1.807, 2.05) is 24.3 Å². The van der Waals surface area contributed by atoms with Crippen molar-refractivity contribution in [2.45, 2.75) is 75.5 Å². The maximum Gasteiger partial charge on any atom is 0.306 e. The number of thiophene rings is 1. The van der Waals surface area contributed by atoms with Gasteiger partial charge in [0.05, 0.1) is 53.0 Å². The van der Waals surface area contributed by atoms with E-state index in [2.05, 4.69) is 10.2 Å². The van der Waals surface area contributed by atoms with Gasteiger partial charge in [-0.2, -0.15) is 0 Å². The number of nitrogens with one attached hydrogen (secondary N) is 1. The number of likely N-dealkylation sites (tertiary alicyclic amines) is 2. The van der Waals surface area contributed by atoms with Gasteiger partial charge in [0.25, 0.3) is 5.91 Å². The van der Waals surface area contributed by atoms with Crippen LogP contribution in [0.4, 0.5) is 10.1 Å². The number of ether oxygens (including phenoxy) is 3. The Kier molecular flexibility index (Phi) is 11.0. The van der Waals surface area contributed by atoms with Gasteiger partial charge in [-0.3, -0.25) is 19.3 Å². The molecule has 2 saturated heterocycles. The molecule has 0 radical (unpaired) electrons. The van der Waals surface area contributed by atoms with Gasteiger partial charge in [0.15, 0.2) is 0 Å². The van der Waals surface area contributed by atoms with E-state index in [0.29, 0.717) is 57.3 Å². The van der Waals surface area contributed by atoms with Crippen LogP contribution in [0.3, 0.4) is 0 Å². The number of carboxylic acids is 1. The minimum atomic E-state index is -0.776. The molecule has 1 saturated carbocycles. The maximum absolute atomic E-state index is 15.5. The Morgan fingerprint density at radius 2 is 1.77 bits per heavy atom. The van der Waals surface area contributed by atoms with Crippen LogP contribution in [0.25, 0.3) is 10.1 Å². The minimum absolute atomic E-state index is 0.130. The number of benzene rings is 2. The van der Waals surface area contributed by atoms with Gasteiger partial charge in [-0.15, -0.1) is 11.3 Å². The number of anilines is 1. The Labute approximate surface area is 288 Å². The van der Waals surface area contributed by atoms with Crippen LogP contribution in [0.1, 0.15) is 54.4 Å². The zero-order valence-electron chi connectivity index (χ0n) is 27.0. The fourth-order valence-electron chi connectivity index (χ4n) is 7.32. The number of hydrogen-bond acceptors (Lipinski definition) is 8. The number of fused-ring (bicyclic) bond motifs is 1. The highest BCUT2D eigenvalue weighted by molar-refractivity contribution is 7.17. The van der Waals surface area contributed by atoms with E-state index in [1.165, 1.54) is 17.4 Å². The summed E-state index contributed by atoms with van der Waals surface area (Å²) < 4.78 is 34.6. The van der Waals surface area contributed by atoms with E-state index < -0.39 is 23.9 Å². The molecule has 1 aliphatic carbocycles. The third kappa shape index (κ3) is 7.39. The molecule has 6 rings (SSSR count). The van der Waals surface area contributed by atoms with Crippen molar-refractivity contribution in [2.75, 3.05) is 39.2 Å². The quantitative estimate of drug-likeness (QED) is 0.257. The molecule has 3 aliphatic rings. The lowest BCUT2D eigenvalue weighted by molar-refractivity contribution is -0.158. The van der Waals surface area contributed by atoms with E-state index in [4.69, 9.17) is 25.8 Å². The van der Waals surface area contributed by atoms with Gasteiger partial charge in [0, 0.05) is 49.3 Å². The van der Waals surface area contributed by atoms with Crippen LogP contribution in [-0.4, -0.2) is 97.1 Å². The van der Waals surface area contributed by atoms with E-state index in [0.717, 1.165) is 22.6 Å². The lowest BCUT2D eigenvalue weighted by Crippen LogP contribution is -2.53. The van der Waals surface area contributed by atoms with Gasteiger partial charge >= 0.3 is 5.97 Å². The Bertz CT molecular complexity index is 1640. The molecule has 48 heavy (non-hydrogen) atoms. The summed E-state index contributed by atoms with van der Waals surface area (Å²) in [4.78, 5) is 42.4. The largest absolute Gasteiger partial charge is 0.481 e. The van der Waals surface area contributed by atoms with Crippen LogP contribution in [0.15, 0.2) is 41.8 Å². The summed E-state index contributed by atoms with van der Waals surface area (Å²) in [5.41, 5.74) is 0.745. The second-order valence-electron chi connectivity index (χ2n) is 12.8. The number of hydrogen-bond donors (Lipinski definition) is 2. The van der Waals surface area contributed by atoms with Gasteiger partial charge < -0.3 is 29.5 Å². The smallest absolute Gasteiger partial charge is 0.306 e. The number of carbonyl (C=O) groups is 3. The molecule has 258 valence electrons. The van der Waals surface area contributed by atoms with Crippen LogP contribution in [0, 0.1) is 11.7 Å². The first-order valence-corrected chi connectivity index (χ1v) is 17.7. The highest BCUT2D eigenvalue weighted by atomic mass is 35.5. The van der Waals surface area contributed by atoms with Crippen molar-refractivity contribution in [3.05, 3.63) is 63.7 Å². The van der Waals surface area contributed by atoms with Gasteiger partial charge in [0.2, 0.25) is 5.91 Å². The second-order valence-corrected chi connectivity index (χ2v) is 14.2. The Morgan fingerprint density at radius 3 is 2.46 bits per heavy atom. The van der Waals surface area contributed by atoms with Crippen molar-refractivity contribution >= 4 is 56.5 Å². The average Bonchev–Trinajstić information content (AvgIpc) is 3.84. The molecule has 2 aliphatic heterocycles. The number of methoxy groups -OCH3 is 2.